The van der Waals surface area contributed by atoms with E-state index in [0.29, 0.717) is 31.5 Å². The van der Waals surface area contributed by atoms with Crippen molar-refractivity contribution in [3.05, 3.63) is 54.2 Å². The molecule has 2 aromatic heterocycles. The fraction of sp³-hybridized carbons (Fsp3) is 0.350. The van der Waals surface area contributed by atoms with Crippen molar-refractivity contribution >= 4 is 22.8 Å². The molecule has 3 heterocycles. The van der Waals surface area contributed by atoms with Crippen LogP contribution in [0.4, 0.5) is 13.2 Å². The zero-order valence-corrected chi connectivity index (χ0v) is 15.9. The van der Waals surface area contributed by atoms with Crippen LogP contribution in [0.3, 0.4) is 0 Å². The van der Waals surface area contributed by atoms with Gasteiger partial charge in [0.15, 0.2) is 0 Å². The number of imidazole rings is 1. The topological polar surface area (TPSA) is 80.4 Å². The second kappa shape index (κ2) is 7.85. The van der Waals surface area contributed by atoms with Crippen molar-refractivity contribution in [1.82, 2.24) is 19.8 Å². The number of rotatable bonds is 4. The maximum atomic E-state index is 13.4. The monoisotopic (exact) mass is 420 g/mol. The number of nitrogens with one attached hydrogen (secondary N) is 1. The van der Waals surface area contributed by atoms with Crippen molar-refractivity contribution in [3.63, 3.8) is 0 Å². The van der Waals surface area contributed by atoms with Gasteiger partial charge in [-0.2, -0.15) is 13.2 Å². The number of hydrogen-bond acceptors (Lipinski definition) is 4. The van der Waals surface area contributed by atoms with Gasteiger partial charge in [-0.25, -0.2) is 4.98 Å². The summed E-state index contributed by atoms with van der Waals surface area (Å²) < 4.78 is 45.9. The first-order valence-electron chi connectivity index (χ1n) is 9.46. The predicted octanol–water partition coefficient (Wildman–Crippen LogP) is 3.07. The van der Waals surface area contributed by atoms with Gasteiger partial charge < -0.3 is 19.2 Å². The van der Waals surface area contributed by atoms with Crippen LogP contribution in [0.5, 0.6) is 0 Å². The van der Waals surface area contributed by atoms with Gasteiger partial charge in [-0.15, -0.1) is 0 Å². The Hall–Kier alpha value is -3.30. The molecule has 0 atom stereocenters. The van der Waals surface area contributed by atoms with E-state index in [9.17, 15) is 22.8 Å². The molecule has 1 aliphatic rings. The van der Waals surface area contributed by atoms with Gasteiger partial charge >= 0.3 is 6.18 Å². The first-order chi connectivity index (χ1) is 14.3. The van der Waals surface area contributed by atoms with Gasteiger partial charge in [0.1, 0.15) is 12.8 Å². The highest BCUT2D eigenvalue weighted by atomic mass is 19.4. The summed E-state index contributed by atoms with van der Waals surface area (Å²) in [6, 6.07) is 7.56. The van der Waals surface area contributed by atoms with Crippen LogP contribution in [0, 0.1) is 0 Å². The second-order valence-electron chi connectivity index (χ2n) is 7.15. The van der Waals surface area contributed by atoms with E-state index in [1.807, 2.05) is 0 Å². The lowest BCUT2D eigenvalue weighted by Gasteiger charge is -2.32. The van der Waals surface area contributed by atoms with Crippen LogP contribution in [-0.4, -0.2) is 45.4 Å². The molecule has 1 aromatic carbocycles. The summed E-state index contributed by atoms with van der Waals surface area (Å²) in [7, 11) is 0. The maximum Gasteiger partial charge on any atom is 0.449 e. The summed E-state index contributed by atoms with van der Waals surface area (Å²) in [5.74, 6) is -1.77. The third-order valence-corrected chi connectivity index (χ3v) is 5.13. The van der Waals surface area contributed by atoms with Crippen molar-refractivity contribution in [1.29, 1.82) is 0 Å². The largest absolute Gasteiger partial charge is 0.472 e. The number of aromatic nitrogens is 2. The summed E-state index contributed by atoms with van der Waals surface area (Å²) in [6.45, 7) is 0.400. The van der Waals surface area contributed by atoms with Crippen LogP contribution in [0.25, 0.3) is 11.0 Å². The summed E-state index contributed by atoms with van der Waals surface area (Å²) in [5, 5.41) is 2.78. The second-order valence-corrected chi connectivity index (χ2v) is 7.15. The Morgan fingerprint density at radius 2 is 1.90 bits per heavy atom. The van der Waals surface area contributed by atoms with Crippen molar-refractivity contribution in [2.24, 2.45) is 0 Å². The minimum Gasteiger partial charge on any atom is -0.472 e. The SMILES string of the molecule is O=C(Cn1c(C(F)(F)F)nc2ccccc21)NC1CCN(C(=O)c2ccoc2)CC1. The number of nitrogens with zero attached hydrogens (tertiary/aromatic N) is 3. The van der Waals surface area contributed by atoms with Crippen molar-refractivity contribution < 1.29 is 27.2 Å². The fourth-order valence-electron chi connectivity index (χ4n) is 3.66. The van der Waals surface area contributed by atoms with E-state index in [1.54, 1.807) is 23.1 Å². The molecule has 2 amide bonds. The van der Waals surface area contributed by atoms with Gasteiger partial charge in [-0.3, -0.25) is 9.59 Å². The summed E-state index contributed by atoms with van der Waals surface area (Å²) in [5.41, 5.74) is 0.897. The fourth-order valence-corrected chi connectivity index (χ4v) is 3.66. The van der Waals surface area contributed by atoms with Gasteiger partial charge in [-0.05, 0) is 31.0 Å². The van der Waals surface area contributed by atoms with Gasteiger partial charge in [0.2, 0.25) is 11.7 Å². The van der Waals surface area contributed by atoms with Crippen LogP contribution in [0.15, 0.2) is 47.3 Å². The number of fused-ring (bicyclic) bond motifs is 1. The molecule has 0 unspecified atom stereocenters. The van der Waals surface area contributed by atoms with E-state index in [-0.39, 0.29) is 23.0 Å². The van der Waals surface area contributed by atoms with E-state index in [0.717, 1.165) is 4.57 Å². The minimum absolute atomic E-state index is 0.145. The minimum atomic E-state index is -4.67. The molecule has 0 saturated carbocycles. The number of amides is 2. The molecule has 7 nitrogen and oxygen atoms in total. The molecule has 0 spiro atoms. The average Bonchev–Trinajstić information content (AvgIpc) is 3.36. The zero-order valence-electron chi connectivity index (χ0n) is 15.9. The number of alkyl halides is 3. The third-order valence-electron chi connectivity index (χ3n) is 5.13. The van der Waals surface area contributed by atoms with Gasteiger partial charge in [0.05, 0.1) is 22.9 Å². The van der Waals surface area contributed by atoms with Crippen molar-refractivity contribution in [2.45, 2.75) is 31.6 Å². The molecule has 4 rings (SSSR count). The number of piperidine rings is 1. The van der Waals surface area contributed by atoms with Gasteiger partial charge in [0.25, 0.3) is 5.91 Å². The molecule has 1 fully saturated rings. The lowest BCUT2D eigenvalue weighted by molar-refractivity contribution is -0.147. The smallest absolute Gasteiger partial charge is 0.449 e. The Bertz CT molecular complexity index is 1050. The highest BCUT2D eigenvalue weighted by Crippen LogP contribution is 2.31. The number of para-hydroxylation sites is 2. The molecular formula is C20H19F3N4O3. The first-order valence-corrected chi connectivity index (χ1v) is 9.46. The van der Waals surface area contributed by atoms with Gasteiger partial charge in [0, 0.05) is 19.1 Å². The molecule has 1 aliphatic heterocycles. The van der Waals surface area contributed by atoms with E-state index < -0.39 is 24.5 Å². The number of carbonyl (C=O) groups excluding carboxylic acids is 2. The number of carbonyl (C=O) groups is 2. The standard InChI is InChI=1S/C20H19F3N4O3/c21-20(22,23)19-25-15-3-1-2-4-16(15)27(19)11-17(28)24-14-5-8-26(9-6-14)18(29)13-7-10-30-12-13/h1-4,7,10,12,14H,5-6,8-9,11H2,(H,24,28). The predicted molar refractivity (Wildman–Crippen MR) is 101 cm³/mol. The number of likely N-dealkylation sites (tertiary alicyclic amines) is 1. The van der Waals surface area contributed by atoms with E-state index in [2.05, 4.69) is 10.3 Å². The first kappa shape index (κ1) is 20.0. The normalized spacial score (nSPS) is 15.5. The lowest BCUT2D eigenvalue weighted by Crippen LogP contribution is -2.47. The maximum absolute atomic E-state index is 13.4. The molecular weight excluding hydrogens is 401 g/mol. The molecule has 0 radical (unpaired) electrons. The van der Waals surface area contributed by atoms with Crippen LogP contribution >= 0.6 is 0 Å². The Morgan fingerprint density at radius 3 is 2.57 bits per heavy atom. The number of furan rings is 1. The van der Waals surface area contributed by atoms with Crippen LogP contribution < -0.4 is 5.32 Å². The summed E-state index contributed by atoms with van der Waals surface area (Å²) >= 11 is 0. The van der Waals surface area contributed by atoms with Gasteiger partial charge in [-0.1, -0.05) is 12.1 Å². The molecule has 1 N–H and O–H groups in total. The van der Waals surface area contributed by atoms with Crippen molar-refractivity contribution in [2.75, 3.05) is 13.1 Å². The number of halogens is 3. The molecule has 1 saturated heterocycles. The lowest BCUT2D eigenvalue weighted by atomic mass is 10.0. The molecule has 158 valence electrons. The molecule has 3 aromatic rings. The Balaban J connectivity index is 1.40. The van der Waals surface area contributed by atoms with Crippen LogP contribution in [0.2, 0.25) is 0 Å². The molecule has 30 heavy (non-hydrogen) atoms. The van der Waals surface area contributed by atoms with E-state index >= 15 is 0 Å². The average molecular weight is 420 g/mol. The Labute approximate surface area is 169 Å². The molecule has 0 aliphatic carbocycles. The van der Waals surface area contributed by atoms with Crippen LogP contribution in [-0.2, 0) is 17.5 Å². The summed E-state index contributed by atoms with van der Waals surface area (Å²) in [4.78, 5) is 30.1. The Morgan fingerprint density at radius 1 is 1.17 bits per heavy atom. The number of hydrogen-bond donors (Lipinski definition) is 1. The van der Waals surface area contributed by atoms with Crippen molar-refractivity contribution in [3.8, 4) is 0 Å². The highest BCUT2D eigenvalue weighted by molar-refractivity contribution is 5.93. The quantitative estimate of drug-likeness (QED) is 0.704. The zero-order chi connectivity index (χ0) is 21.3. The van der Waals surface area contributed by atoms with Crippen LogP contribution in [0.1, 0.15) is 29.0 Å². The summed E-state index contributed by atoms with van der Waals surface area (Å²) in [6.07, 6.45) is -0.824. The number of benzene rings is 1. The molecule has 0 bridgehead atoms. The third kappa shape index (κ3) is 4.03. The van der Waals surface area contributed by atoms with E-state index in [1.165, 1.54) is 24.7 Å². The Kier molecular flexibility index (Phi) is 5.23. The van der Waals surface area contributed by atoms with E-state index in [4.69, 9.17) is 4.42 Å². The molecule has 10 heteroatoms. The highest BCUT2D eigenvalue weighted by Gasteiger charge is 2.38.